The number of nitrogens with two attached hydrogens (primary N) is 1. The van der Waals surface area contributed by atoms with Crippen molar-refractivity contribution in [3.8, 4) is 0 Å². The molecule has 0 aliphatic carbocycles. The standard InChI is InChI=1S/C24H34N4O4/c1-14-17-6-5-7-18(21(25)29)19(17)22(30)28(14)16-8-10-26(11-9-16)12-15-13-27(23(31)32)20(15)24(2,3)4/h5-7,14-16,20H,8-13H2,1-4H3,(H2,25,29)(H,31,32). The SMILES string of the molecule is CC1c2cccc(C(N)=O)c2C(=O)N1C1CCN(CC2CN(C(=O)O)C2C(C)(C)C)CC1. The maximum absolute atomic E-state index is 13.2. The smallest absolute Gasteiger partial charge is 0.407 e. The van der Waals surface area contributed by atoms with Crippen molar-refractivity contribution < 1.29 is 19.5 Å². The second-order valence-electron chi connectivity index (χ2n) is 10.6. The molecule has 0 spiro atoms. The Hall–Kier alpha value is -2.61. The van der Waals surface area contributed by atoms with Crippen molar-refractivity contribution in [2.45, 2.75) is 58.7 Å². The van der Waals surface area contributed by atoms with Crippen LogP contribution in [0.5, 0.6) is 0 Å². The zero-order valence-corrected chi connectivity index (χ0v) is 19.4. The summed E-state index contributed by atoms with van der Waals surface area (Å²) in [5.74, 6) is -0.329. The van der Waals surface area contributed by atoms with E-state index < -0.39 is 12.0 Å². The van der Waals surface area contributed by atoms with E-state index in [0.717, 1.165) is 38.0 Å². The van der Waals surface area contributed by atoms with Crippen molar-refractivity contribution in [3.63, 3.8) is 0 Å². The molecule has 4 rings (SSSR count). The third-order valence-corrected chi connectivity index (χ3v) is 7.47. The van der Waals surface area contributed by atoms with Gasteiger partial charge in [0.15, 0.2) is 0 Å². The normalized spacial score (nSPS) is 26.8. The molecule has 3 unspecified atom stereocenters. The van der Waals surface area contributed by atoms with Gasteiger partial charge in [0, 0.05) is 44.2 Å². The summed E-state index contributed by atoms with van der Waals surface area (Å²) in [5, 5.41) is 9.47. The van der Waals surface area contributed by atoms with Crippen LogP contribution < -0.4 is 5.73 Å². The van der Waals surface area contributed by atoms with Crippen LogP contribution in [0.3, 0.4) is 0 Å². The van der Waals surface area contributed by atoms with Crippen LogP contribution in [-0.4, -0.2) is 76.0 Å². The van der Waals surface area contributed by atoms with Crippen LogP contribution in [0.4, 0.5) is 4.79 Å². The van der Waals surface area contributed by atoms with Gasteiger partial charge in [0.2, 0.25) is 5.91 Å². The topological polar surface area (TPSA) is 107 Å². The van der Waals surface area contributed by atoms with E-state index in [4.69, 9.17) is 5.73 Å². The number of rotatable bonds is 4. The number of piperidine rings is 1. The number of hydrogen-bond donors (Lipinski definition) is 2. The van der Waals surface area contributed by atoms with E-state index >= 15 is 0 Å². The molecule has 3 heterocycles. The largest absolute Gasteiger partial charge is 0.465 e. The predicted octanol–water partition coefficient (Wildman–Crippen LogP) is 2.79. The molecule has 0 saturated carbocycles. The summed E-state index contributed by atoms with van der Waals surface area (Å²) in [7, 11) is 0. The van der Waals surface area contributed by atoms with Crippen molar-refractivity contribution in [3.05, 3.63) is 34.9 Å². The summed E-state index contributed by atoms with van der Waals surface area (Å²) in [6.45, 7) is 11.5. The quantitative estimate of drug-likeness (QED) is 0.746. The van der Waals surface area contributed by atoms with Crippen LogP contribution in [0.1, 0.15) is 72.9 Å². The van der Waals surface area contributed by atoms with Gasteiger partial charge in [-0.2, -0.15) is 0 Å². The molecule has 1 aromatic rings. The first-order valence-electron chi connectivity index (χ1n) is 11.5. The van der Waals surface area contributed by atoms with Gasteiger partial charge in [0.1, 0.15) is 0 Å². The Bertz CT molecular complexity index is 932. The summed E-state index contributed by atoms with van der Waals surface area (Å²) < 4.78 is 0. The molecular formula is C24H34N4O4. The van der Waals surface area contributed by atoms with Crippen molar-refractivity contribution in [2.24, 2.45) is 17.1 Å². The van der Waals surface area contributed by atoms with Gasteiger partial charge in [0.05, 0.1) is 17.2 Å². The number of carboxylic acid groups (broad SMARTS) is 1. The number of carbonyl (C=O) groups is 3. The van der Waals surface area contributed by atoms with Crippen LogP contribution in [0.15, 0.2) is 18.2 Å². The molecule has 0 radical (unpaired) electrons. The fourth-order valence-electron chi connectivity index (χ4n) is 6.12. The summed E-state index contributed by atoms with van der Waals surface area (Å²) in [6.07, 6.45) is 0.896. The molecule has 174 valence electrons. The lowest BCUT2D eigenvalue weighted by molar-refractivity contribution is -0.0511. The van der Waals surface area contributed by atoms with Crippen molar-refractivity contribution >= 4 is 17.9 Å². The van der Waals surface area contributed by atoms with Gasteiger partial charge in [0.25, 0.3) is 5.91 Å². The minimum absolute atomic E-state index is 0.0274. The molecule has 3 N–H and O–H groups in total. The Balaban J connectivity index is 1.39. The maximum Gasteiger partial charge on any atom is 0.407 e. The van der Waals surface area contributed by atoms with E-state index in [2.05, 4.69) is 25.7 Å². The van der Waals surface area contributed by atoms with Gasteiger partial charge in [-0.3, -0.25) is 9.59 Å². The first-order chi connectivity index (χ1) is 15.0. The van der Waals surface area contributed by atoms with Crippen LogP contribution >= 0.6 is 0 Å². The Morgan fingerprint density at radius 3 is 2.41 bits per heavy atom. The second-order valence-corrected chi connectivity index (χ2v) is 10.6. The molecule has 8 nitrogen and oxygen atoms in total. The fraction of sp³-hybridized carbons (Fsp3) is 0.625. The average molecular weight is 443 g/mol. The molecule has 0 bridgehead atoms. The summed E-state index contributed by atoms with van der Waals surface area (Å²) in [6, 6.07) is 5.41. The fourth-order valence-corrected chi connectivity index (χ4v) is 6.12. The zero-order valence-electron chi connectivity index (χ0n) is 19.4. The van der Waals surface area contributed by atoms with E-state index in [1.54, 1.807) is 17.0 Å². The molecule has 3 aliphatic rings. The number of benzene rings is 1. The maximum atomic E-state index is 13.2. The number of carbonyl (C=O) groups excluding carboxylic acids is 2. The molecule has 0 aromatic heterocycles. The Labute approximate surface area is 189 Å². The van der Waals surface area contributed by atoms with Gasteiger partial charge in [-0.05, 0) is 36.8 Å². The molecule has 3 amide bonds. The highest BCUT2D eigenvalue weighted by Gasteiger charge is 2.49. The highest BCUT2D eigenvalue weighted by Crippen LogP contribution is 2.41. The lowest BCUT2D eigenvalue weighted by Gasteiger charge is -2.54. The zero-order chi connectivity index (χ0) is 23.4. The first kappa shape index (κ1) is 22.6. The van der Waals surface area contributed by atoms with Crippen LogP contribution in [0.2, 0.25) is 0 Å². The summed E-state index contributed by atoms with van der Waals surface area (Å²) in [5.41, 5.74) is 7.07. The molecule has 1 aromatic carbocycles. The molecular weight excluding hydrogens is 408 g/mol. The molecule has 3 aliphatic heterocycles. The second kappa shape index (κ2) is 8.06. The van der Waals surface area contributed by atoms with E-state index in [0.29, 0.717) is 23.6 Å². The lowest BCUT2D eigenvalue weighted by Crippen LogP contribution is -2.66. The van der Waals surface area contributed by atoms with Crippen LogP contribution in [0.25, 0.3) is 0 Å². The molecule has 8 heteroatoms. The predicted molar refractivity (Wildman–Crippen MR) is 120 cm³/mol. The number of fused-ring (bicyclic) bond motifs is 1. The lowest BCUT2D eigenvalue weighted by atomic mass is 9.72. The van der Waals surface area contributed by atoms with Crippen LogP contribution in [-0.2, 0) is 0 Å². The third-order valence-electron chi connectivity index (χ3n) is 7.47. The van der Waals surface area contributed by atoms with Crippen LogP contribution in [0, 0.1) is 11.3 Å². The number of hydrogen-bond acceptors (Lipinski definition) is 4. The van der Waals surface area contributed by atoms with Gasteiger partial charge in [-0.25, -0.2) is 4.79 Å². The first-order valence-corrected chi connectivity index (χ1v) is 11.5. The minimum atomic E-state index is -0.837. The van der Waals surface area contributed by atoms with Crippen molar-refractivity contribution in [1.29, 1.82) is 0 Å². The number of primary amides is 1. The highest BCUT2D eigenvalue weighted by atomic mass is 16.4. The number of nitrogens with zero attached hydrogens (tertiary/aromatic N) is 3. The Morgan fingerprint density at radius 1 is 1.19 bits per heavy atom. The third kappa shape index (κ3) is 3.74. The molecule has 2 fully saturated rings. The van der Waals surface area contributed by atoms with Gasteiger partial charge < -0.3 is 25.5 Å². The van der Waals surface area contributed by atoms with Gasteiger partial charge in [-0.15, -0.1) is 0 Å². The highest BCUT2D eigenvalue weighted by molar-refractivity contribution is 6.09. The van der Waals surface area contributed by atoms with E-state index in [1.807, 2.05) is 17.9 Å². The van der Waals surface area contributed by atoms with E-state index in [9.17, 15) is 19.5 Å². The average Bonchev–Trinajstić information content (AvgIpc) is 2.94. The van der Waals surface area contributed by atoms with Crippen molar-refractivity contribution in [2.75, 3.05) is 26.2 Å². The summed E-state index contributed by atoms with van der Waals surface area (Å²) >= 11 is 0. The molecule has 2 saturated heterocycles. The Kier molecular flexibility index (Phi) is 5.69. The number of likely N-dealkylation sites (tertiary alicyclic amines) is 2. The molecule has 32 heavy (non-hydrogen) atoms. The van der Waals surface area contributed by atoms with Gasteiger partial charge >= 0.3 is 6.09 Å². The van der Waals surface area contributed by atoms with E-state index in [-0.39, 0.29) is 29.4 Å². The number of amides is 3. The minimum Gasteiger partial charge on any atom is -0.465 e. The summed E-state index contributed by atoms with van der Waals surface area (Å²) in [4.78, 5) is 42.5. The Morgan fingerprint density at radius 2 is 1.84 bits per heavy atom. The van der Waals surface area contributed by atoms with Crippen molar-refractivity contribution in [1.82, 2.24) is 14.7 Å². The van der Waals surface area contributed by atoms with E-state index in [1.165, 1.54) is 0 Å². The molecule has 3 atom stereocenters. The monoisotopic (exact) mass is 442 g/mol. The van der Waals surface area contributed by atoms with Gasteiger partial charge in [-0.1, -0.05) is 32.9 Å².